The second kappa shape index (κ2) is 5.84. The van der Waals surface area contributed by atoms with E-state index in [1.807, 2.05) is 0 Å². The Hall–Kier alpha value is -2.29. The number of thioether (sulfide) groups is 1. The average Bonchev–Trinajstić information content (AvgIpc) is 2.81. The molecule has 0 fully saturated rings. The predicted octanol–water partition coefficient (Wildman–Crippen LogP) is -0.318. The molecule has 1 aromatic heterocycles. The molecule has 0 saturated heterocycles. The average molecular weight is 326 g/mol. The van der Waals surface area contributed by atoms with E-state index < -0.39 is 39.9 Å². The molecule has 8 nitrogen and oxygen atoms in total. The Kier molecular flexibility index (Phi) is 4.27. The Labute approximate surface area is 129 Å². The fraction of sp³-hybridized carbons (Fsp3) is 0.385. The lowest BCUT2D eigenvalue weighted by Crippen LogP contribution is -2.34. The Bertz CT molecular complexity index is 726. The molecule has 0 aliphatic carbocycles. The summed E-state index contributed by atoms with van der Waals surface area (Å²) in [5, 5.41) is 20.8. The number of aromatic nitrogens is 1. The van der Waals surface area contributed by atoms with Crippen LogP contribution in [-0.2, 0) is 16.6 Å². The molecule has 2 rings (SSSR count). The molecule has 0 aromatic carbocycles. The number of hydrogen-bond donors (Lipinski definition) is 3. The zero-order valence-electron chi connectivity index (χ0n) is 11.8. The van der Waals surface area contributed by atoms with E-state index in [9.17, 15) is 29.4 Å². The standard InChI is InChI=1S/C13H14N2O6S/c1-5-7-10(22-9(5)13(20)21)8(17)6(12(19)15(7)2)11(18)14-3-4-16/h4-5,9,17H,3H2,1-2H3,(H,14,18)(H,20,21). The van der Waals surface area contributed by atoms with E-state index in [0.717, 1.165) is 11.8 Å². The van der Waals surface area contributed by atoms with Gasteiger partial charge in [0.2, 0.25) is 0 Å². The van der Waals surface area contributed by atoms with Crippen LogP contribution in [0.1, 0.15) is 28.9 Å². The maximum atomic E-state index is 12.3. The molecule has 0 spiro atoms. The van der Waals surface area contributed by atoms with E-state index in [2.05, 4.69) is 5.32 Å². The lowest BCUT2D eigenvalue weighted by molar-refractivity contribution is -0.136. The number of carbonyl (C=O) groups is 3. The number of amides is 1. The molecule has 118 valence electrons. The van der Waals surface area contributed by atoms with Crippen molar-refractivity contribution in [1.82, 2.24) is 9.88 Å². The van der Waals surface area contributed by atoms with Gasteiger partial charge >= 0.3 is 5.97 Å². The molecule has 2 atom stereocenters. The third kappa shape index (κ3) is 2.37. The SMILES string of the molecule is CC1c2c(c(O)c(C(=O)NCC=O)c(=O)n2C)SC1C(=O)O. The van der Waals surface area contributed by atoms with Crippen molar-refractivity contribution < 1.29 is 24.6 Å². The monoisotopic (exact) mass is 326 g/mol. The van der Waals surface area contributed by atoms with E-state index >= 15 is 0 Å². The quantitative estimate of drug-likeness (QED) is 0.647. The second-order valence-corrected chi connectivity index (χ2v) is 6.00. The molecule has 2 unspecified atom stereocenters. The van der Waals surface area contributed by atoms with Gasteiger partial charge in [0.25, 0.3) is 11.5 Å². The molecule has 0 saturated carbocycles. The first-order valence-electron chi connectivity index (χ1n) is 6.38. The molecular formula is C13H14N2O6S. The fourth-order valence-corrected chi connectivity index (χ4v) is 3.80. The summed E-state index contributed by atoms with van der Waals surface area (Å²) in [6.07, 6.45) is 0.448. The molecule has 0 radical (unpaired) electrons. The predicted molar refractivity (Wildman–Crippen MR) is 77.4 cm³/mol. The van der Waals surface area contributed by atoms with Crippen molar-refractivity contribution in [2.24, 2.45) is 7.05 Å². The number of pyridine rings is 1. The highest BCUT2D eigenvalue weighted by molar-refractivity contribution is 8.01. The molecule has 2 heterocycles. The van der Waals surface area contributed by atoms with Crippen LogP contribution >= 0.6 is 11.8 Å². The maximum Gasteiger partial charge on any atom is 0.317 e. The van der Waals surface area contributed by atoms with Crippen LogP contribution in [0.25, 0.3) is 0 Å². The summed E-state index contributed by atoms with van der Waals surface area (Å²) in [5.41, 5.74) is -0.848. The number of aromatic hydroxyl groups is 1. The molecule has 1 aromatic rings. The van der Waals surface area contributed by atoms with E-state index in [1.54, 1.807) is 6.92 Å². The summed E-state index contributed by atoms with van der Waals surface area (Å²) >= 11 is 0.898. The van der Waals surface area contributed by atoms with Crippen LogP contribution in [0, 0.1) is 0 Å². The first-order valence-corrected chi connectivity index (χ1v) is 7.26. The number of carbonyl (C=O) groups excluding carboxylic acids is 2. The van der Waals surface area contributed by atoms with Gasteiger partial charge < -0.3 is 24.9 Å². The molecule has 1 aliphatic rings. The minimum Gasteiger partial charge on any atom is -0.506 e. The van der Waals surface area contributed by atoms with Crippen molar-refractivity contribution >= 4 is 29.9 Å². The van der Waals surface area contributed by atoms with Crippen LogP contribution in [0.15, 0.2) is 9.69 Å². The van der Waals surface area contributed by atoms with Crippen LogP contribution in [0.3, 0.4) is 0 Å². The molecule has 0 bridgehead atoms. The summed E-state index contributed by atoms with van der Waals surface area (Å²) < 4.78 is 1.17. The van der Waals surface area contributed by atoms with E-state index in [4.69, 9.17) is 0 Å². The lowest BCUT2D eigenvalue weighted by Gasteiger charge is -2.14. The van der Waals surface area contributed by atoms with Crippen molar-refractivity contribution in [2.45, 2.75) is 23.0 Å². The summed E-state index contributed by atoms with van der Waals surface area (Å²) in [6, 6.07) is 0. The van der Waals surface area contributed by atoms with Crippen molar-refractivity contribution in [1.29, 1.82) is 0 Å². The van der Waals surface area contributed by atoms with Gasteiger partial charge in [-0.3, -0.25) is 14.4 Å². The molecule has 22 heavy (non-hydrogen) atoms. The van der Waals surface area contributed by atoms with E-state index in [0.29, 0.717) is 12.0 Å². The highest BCUT2D eigenvalue weighted by Crippen LogP contribution is 2.49. The zero-order valence-corrected chi connectivity index (χ0v) is 12.6. The number of fused-ring (bicyclic) bond motifs is 1. The summed E-state index contributed by atoms with van der Waals surface area (Å²) in [6.45, 7) is 1.35. The zero-order chi connectivity index (χ0) is 16.6. The van der Waals surface area contributed by atoms with Gasteiger partial charge in [-0.25, -0.2) is 0 Å². The number of nitrogens with one attached hydrogen (secondary N) is 1. The number of nitrogens with zero attached hydrogens (tertiary/aromatic N) is 1. The van der Waals surface area contributed by atoms with Gasteiger partial charge in [0.15, 0.2) is 0 Å². The first-order chi connectivity index (χ1) is 10.3. The number of aliphatic carboxylic acids is 1. The van der Waals surface area contributed by atoms with Crippen molar-refractivity contribution in [3.05, 3.63) is 21.6 Å². The minimum atomic E-state index is -1.06. The Morgan fingerprint density at radius 3 is 2.64 bits per heavy atom. The summed E-state index contributed by atoms with van der Waals surface area (Å²) in [4.78, 5) is 45.9. The maximum absolute atomic E-state index is 12.3. The highest BCUT2D eigenvalue weighted by atomic mass is 32.2. The third-order valence-electron chi connectivity index (χ3n) is 3.51. The number of rotatable bonds is 4. The molecule has 3 N–H and O–H groups in total. The van der Waals surface area contributed by atoms with Crippen LogP contribution in [0.5, 0.6) is 5.75 Å². The topological polar surface area (TPSA) is 126 Å². The van der Waals surface area contributed by atoms with Gasteiger partial charge in [-0.05, 0) is 0 Å². The van der Waals surface area contributed by atoms with E-state index in [-0.39, 0.29) is 11.4 Å². The molecule has 1 aliphatic heterocycles. The Morgan fingerprint density at radius 2 is 2.09 bits per heavy atom. The van der Waals surface area contributed by atoms with Gasteiger partial charge in [0.05, 0.1) is 11.4 Å². The van der Waals surface area contributed by atoms with E-state index in [1.165, 1.54) is 11.6 Å². The molecular weight excluding hydrogens is 312 g/mol. The van der Waals surface area contributed by atoms with Crippen molar-refractivity contribution in [3.8, 4) is 5.75 Å². The number of carboxylic acids is 1. The fourth-order valence-electron chi connectivity index (χ4n) is 2.46. The molecule has 9 heteroatoms. The van der Waals surface area contributed by atoms with Gasteiger partial charge in [0.1, 0.15) is 22.8 Å². The van der Waals surface area contributed by atoms with Crippen LogP contribution < -0.4 is 10.9 Å². The second-order valence-electron chi connectivity index (χ2n) is 4.84. The first kappa shape index (κ1) is 16.1. The smallest absolute Gasteiger partial charge is 0.317 e. The Balaban J connectivity index is 2.60. The van der Waals surface area contributed by atoms with Crippen LogP contribution in [0.4, 0.5) is 0 Å². The van der Waals surface area contributed by atoms with Gasteiger partial charge in [-0.15, -0.1) is 11.8 Å². The van der Waals surface area contributed by atoms with Crippen LogP contribution in [0.2, 0.25) is 0 Å². The third-order valence-corrected chi connectivity index (χ3v) is 5.01. The normalized spacial score (nSPS) is 19.5. The van der Waals surface area contributed by atoms with Crippen LogP contribution in [-0.4, -0.2) is 44.7 Å². The summed E-state index contributed by atoms with van der Waals surface area (Å²) in [7, 11) is 1.42. The number of aldehydes is 1. The lowest BCUT2D eigenvalue weighted by atomic mass is 10.0. The van der Waals surface area contributed by atoms with Gasteiger partial charge in [0, 0.05) is 18.7 Å². The highest BCUT2D eigenvalue weighted by Gasteiger charge is 2.41. The van der Waals surface area contributed by atoms with Crippen molar-refractivity contribution in [2.75, 3.05) is 6.54 Å². The largest absolute Gasteiger partial charge is 0.506 e. The van der Waals surface area contributed by atoms with Gasteiger partial charge in [-0.1, -0.05) is 6.92 Å². The summed E-state index contributed by atoms with van der Waals surface area (Å²) in [5.74, 6) is -2.97. The Morgan fingerprint density at radius 1 is 1.45 bits per heavy atom. The molecule has 1 amide bonds. The van der Waals surface area contributed by atoms with Crippen molar-refractivity contribution in [3.63, 3.8) is 0 Å². The van der Waals surface area contributed by atoms with Gasteiger partial charge in [-0.2, -0.15) is 0 Å². The minimum absolute atomic E-state index is 0.207. The number of carboxylic acid groups (broad SMARTS) is 1. The number of hydrogen-bond acceptors (Lipinski definition) is 6.